The molecule has 1 aromatic heterocycles. The van der Waals surface area contributed by atoms with Crippen molar-refractivity contribution in [3.8, 4) is 0 Å². The SMILES string of the molecule is Cc1cc(C)cc(NC(N)=NCCC(=O)Nc2cccc(C)n2)c1. The Labute approximate surface area is 142 Å². The highest BCUT2D eigenvalue weighted by Gasteiger charge is 2.03. The summed E-state index contributed by atoms with van der Waals surface area (Å²) in [5.41, 5.74) is 9.90. The number of pyridine rings is 1. The lowest BCUT2D eigenvalue weighted by Gasteiger charge is -2.08. The van der Waals surface area contributed by atoms with E-state index in [1.807, 2.05) is 45.0 Å². The summed E-state index contributed by atoms with van der Waals surface area (Å²) < 4.78 is 0. The van der Waals surface area contributed by atoms with Crippen molar-refractivity contribution in [3.05, 3.63) is 53.2 Å². The van der Waals surface area contributed by atoms with Gasteiger partial charge in [-0.3, -0.25) is 9.79 Å². The van der Waals surface area contributed by atoms with Crippen LogP contribution in [-0.4, -0.2) is 23.4 Å². The van der Waals surface area contributed by atoms with Crippen LogP contribution in [0.4, 0.5) is 11.5 Å². The molecule has 0 saturated carbocycles. The minimum atomic E-state index is -0.143. The van der Waals surface area contributed by atoms with E-state index < -0.39 is 0 Å². The van der Waals surface area contributed by atoms with Crippen molar-refractivity contribution >= 4 is 23.4 Å². The van der Waals surface area contributed by atoms with Gasteiger partial charge in [-0.1, -0.05) is 12.1 Å². The molecular formula is C18H23N5O. The van der Waals surface area contributed by atoms with Gasteiger partial charge in [0.15, 0.2) is 5.96 Å². The van der Waals surface area contributed by atoms with Crippen molar-refractivity contribution in [1.29, 1.82) is 0 Å². The molecule has 1 amide bonds. The first-order valence-corrected chi connectivity index (χ1v) is 7.81. The van der Waals surface area contributed by atoms with Crippen LogP contribution < -0.4 is 16.4 Å². The van der Waals surface area contributed by atoms with Gasteiger partial charge in [0.2, 0.25) is 5.91 Å². The van der Waals surface area contributed by atoms with E-state index in [4.69, 9.17) is 5.73 Å². The summed E-state index contributed by atoms with van der Waals surface area (Å²) in [6, 6.07) is 11.5. The molecule has 6 nitrogen and oxygen atoms in total. The van der Waals surface area contributed by atoms with Gasteiger partial charge < -0.3 is 16.4 Å². The van der Waals surface area contributed by atoms with Gasteiger partial charge in [0, 0.05) is 17.8 Å². The van der Waals surface area contributed by atoms with E-state index in [0.717, 1.165) is 22.5 Å². The normalized spacial score (nSPS) is 11.2. The summed E-state index contributed by atoms with van der Waals surface area (Å²) in [7, 11) is 0. The van der Waals surface area contributed by atoms with Gasteiger partial charge in [0.1, 0.15) is 5.82 Å². The van der Waals surface area contributed by atoms with Gasteiger partial charge >= 0.3 is 0 Å². The molecule has 4 N–H and O–H groups in total. The molecule has 0 bridgehead atoms. The average molecular weight is 325 g/mol. The Kier molecular flexibility index (Phi) is 5.89. The van der Waals surface area contributed by atoms with E-state index in [2.05, 4.69) is 26.7 Å². The zero-order valence-corrected chi connectivity index (χ0v) is 14.3. The molecule has 1 heterocycles. The molecule has 2 rings (SSSR count). The summed E-state index contributed by atoms with van der Waals surface area (Å²) in [5.74, 6) is 0.697. The fourth-order valence-corrected chi connectivity index (χ4v) is 2.33. The fraction of sp³-hybridized carbons (Fsp3) is 0.278. The molecule has 6 heteroatoms. The lowest BCUT2D eigenvalue weighted by molar-refractivity contribution is -0.116. The monoisotopic (exact) mass is 325 g/mol. The Hall–Kier alpha value is -2.89. The smallest absolute Gasteiger partial charge is 0.227 e. The van der Waals surface area contributed by atoms with E-state index in [-0.39, 0.29) is 12.3 Å². The lowest BCUT2D eigenvalue weighted by Crippen LogP contribution is -2.23. The molecule has 2 aromatic rings. The number of nitrogens with one attached hydrogen (secondary N) is 2. The summed E-state index contributed by atoms with van der Waals surface area (Å²) in [4.78, 5) is 20.3. The number of aryl methyl sites for hydroxylation is 3. The zero-order valence-electron chi connectivity index (χ0n) is 14.3. The van der Waals surface area contributed by atoms with Gasteiger partial charge in [-0.25, -0.2) is 4.98 Å². The molecule has 126 valence electrons. The average Bonchev–Trinajstić information content (AvgIpc) is 2.45. The molecular weight excluding hydrogens is 302 g/mol. The van der Waals surface area contributed by atoms with Crippen molar-refractivity contribution in [1.82, 2.24) is 4.98 Å². The molecule has 0 saturated heterocycles. The lowest BCUT2D eigenvalue weighted by atomic mass is 10.1. The Bertz CT molecular complexity index is 735. The van der Waals surface area contributed by atoms with Gasteiger partial charge in [-0.15, -0.1) is 0 Å². The van der Waals surface area contributed by atoms with Crippen molar-refractivity contribution in [2.45, 2.75) is 27.2 Å². The molecule has 0 aliphatic rings. The van der Waals surface area contributed by atoms with Crippen molar-refractivity contribution in [3.63, 3.8) is 0 Å². The topological polar surface area (TPSA) is 92.4 Å². The van der Waals surface area contributed by atoms with Crippen molar-refractivity contribution < 1.29 is 4.79 Å². The van der Waals surface area contributed by atoms with Crippen LogP contribution in [0.5, 0.6) is 0 Å². The van der Waals surface area contributed by atoms with Crippen LogP contribution in [0, 0.1) is 20.8 Å². The predicted octanol–water partition coefficient (Wildman–Crippen LogP) is 2.76. The van der Waals surface area contributed by atoms with E-state index in [9.17, 15) is 4.79 Å². The van der Waals surface area contributed by atoms with Gasteiger partial charge in [-0.2, -0.15) is 0 Å². The molecule has 0 aliphatic carbocycles. The van der Waals surface area contributed by atoms with Crippen LogP contribution in [-0.2, 0) is 4.79 Å². The van der Waals surface area contributed by atoms with E-state index in [1.54, 1.807) is 6.07 Å². The highest BCUT2D eigenvalue weighted by atomic mass is 16.1. The number of nitrogens with zero attached hydrogens (tertiary/aromatic N) is 2. The van der Waals surface area contributed by atoms with Crippen LogP contribution in [0.1, 0.15) is 23.2 Å². The number of hydrogen-bond acceptors (Lipinski definition) is 3. The first kappa shape index (κ1) is 17.5. The Morgan fingerprint density at radius 3 is 2.50 bits per heavy atom. The molecule has 0 radical (unpaired) electrons. The summed E-state index contributed by atoms with van der Waals surface area (Å²) >= 11 is 0. The Balaban J connectivity index is 1.83. The second-order valence-electron chi connectivity index (χ2n) is 5.73. The molecule has 0 unspecified atom stereocenters. The number of carbonyl (C=O) groups is 1. The molecule has 0 fully saturated rings. The number of rotatable bonds is 5. The van der Waals surface area contributed by atoms with Crippen molar-refractivity contribution in [2.75, 3.05) is 17.2 Å². The van der Waals surface area contributed by atoms with Crippen LogP contribution in [0.25, 0.3) is 0 Å². The van der Waals surface area contributed by atoms with Crippen molar-refractivity contribution in [2.24, 2.45) is 10.7 Å². The maximum atomic E-state index is 11.9. The molecule has 0 aliphatic heterocycles. The second kappa shape index (κ2) is 8.10. The Morgan fingerprint density at radius 1 is 1.12 bits per heavy atom. The highest BCUT2D eigenvalue weighted by Crippen LogP contribution is 2.13. The predicted molar refractivity (Wildman–Crippen MR) is 98.2 cm³/mol. The molecule has 0 atom stereocenters. The number of aliphatic imine (C=N–C) groups is 1. The molecule has 1 aromatic carbocycles. The number of guanidine groups is 1. The fourth-order valence-electron chi connectivity index (χ4n) is 2.33. The first-order valence-electron chi connectivity index (χ1n) is 7.81. The minimum Gasteiger partial charge on any atom is -0.370 e. The third-order valence-corrected chi connectivity index (χ3v) is 3.27. The van der Waals surface area contributed by atoms with E-state index in [1.165, 1.54) is 0 Å². The number of carbonyl (C=O) groups excluding carboxylic acids is 1. The van der Waals surface area contributed by atoms with Crippen LogP contribution in [0.15, 0.2) is 41.4 Å². The van der Waals surface area contributed by atoms with E-state index in [0.29, 0.717) is 18.3 Å². The van der Waals surface area contributed by atoms with Crippen LogP contribution in [0.3, 0.4) is 0 Å². The van der Waals surface area contributed by atoms with Gasteiger partial charge in [-0.05, 0) is 56.2 Å². The van der Waals surface area contributed by atoms with Gasteiger partial charge in [0.05, 0.1) is 6.54 Å². The standard InChI is InChI=1S/C18H23N5O/c1-12-9-13(2)11-15(10-12)22-18(19)20-8-7-17(24)23-16-6-4-5-14(3)21-16/h4-6,9-11H,7-8H2,1-3H3,(H3,19,20,22)(H,21,23,24). The minimum absolute atomic E-state index is 0.143. The van der Waals surface area contributed by atoms with Crippen LogP contribution in [0.2, 0.25) is 0 Å². The maximum Gasteiger partial charge on any atom is 0.227 e. The highest BCUT2D eigenvalue weighted by molar-refractivity contribution is 5.93. The second-order valence-corrected chi connectivity index (χ2v) is 5.73. The van der Waals surface area contributed by atoms with E-state index >= 15 is 0 Å². The maximum absolute atomic E-state index is 11.9. The molecule has 24 heavy (non-hydrogen) atoms. The van der Waals surface area contributed by atoms with Crippen LogP contribution >= 0.6 is 0 Å². The first-order chi connectivity index (χ1) is 11.4. The summed E-state index contributed by atoms with van der Waals surface area (Å²) in [6.07, 6.45) is 0.241. The molecule has 0 spiro atoms. The summed E-state index contributed by atoms with van der Waals surface area (Å²) in [5, 5.41) is 5.78. The third kappa shape index (κ3) is 5.72. The summed E-state index contributed by atoms with van der Waals surface area (Å²) in [6.45, 7) is 6.23. The number of nitrogens with two attached hydrogens (primary N) is 1. The third-order valence-electron chi connectivity index (χ3n) is 3.27. The zero-order chi connectivity index (χ0) is 17.5. The quantitative estimate of drug-likeness (QED) is 0.582. The number of aromatic nitrogens is 1. The van der Waals surface area contributed by atoms with Gasteiger partial charge in [0.25, 0.3) is 0 Å². The Morgan fingerprint density at radius 2 is 1.83 bits per heavy atom. The number of amides is 1. The number of benzene rings is 1. The largest absolute Gasteiger partial charge is 0.370 e. The number of anilines is 2. The number of hydrogen-bond donors (Lipinski definition) is 3.